The van der Waals surface area contributed by atoms with Gasteiger partial charge in [0.2, 0.25) is 0 Å². The van der Waals surface area contributed by atoms with E-state index in [2.05, 4.69) is 33.0 Å². The summed E-state index contributed by atoms with van der Waals surface area (Å²) in [7, 11) is 0. The van der Waals surface area contributed by atoms with Gasteiger partial charge in [-0.25, -0.2) is 0 Å². The second-order valence-corrected chi connectivity index (χ2v) is 6.89. The van der Waals surface area contributed by atoms with Gasteiger partial charge in [-0.15, -0.1) is 0 Å². The van der Waals surface area contributed by atoms with Crippen molar-refractivity contribution >= 4 is 0 Å². The second-order valence-electron chi connectivity index (χ2n) is 6.89. The minimum atomic E-state index is 0.403. The average molecular weight is 241 g/mol. The molecule has 1 heterocycles. The van der Waals surface area contributed by atoms with Crippen LogP contribution in [0.2, 0.25) is 0 Å². The third-order valence-electron chi connectivity index (χ3n) is 3.74. The maximum Gasteiger partial charge on any atom is 0.0534 e. The highest BCUT2D eigenvalue weighted by Gasteiger charge is 2.33. The van der Waals surface area contributed by atoms with Gasteiger partial charge in [-0.3, -0.25) is 0 Å². The molecule has 0 aromatic heterocycles. The van der Waals surface area contributed by atoms with Crippen LogP contribution in [0, 0.1) is 10.8 Å². The van der Waals surface area contributed by atoms with E-state index in [1.165, 1.54) is 32.1 Å². The van der Waals surface area contributed by atoms with Crippen LogP contribution in [0.5, 0.6) is 0 Å². The van der Waals surface area contributed by atoms with Gasteiger partial charge in [0.05, 0.1) is 6.61 Å². The molecule has 2 heteroatoms. The first-order valence-electron chi connectivity index (χ1n) is 7.26. The predicted octanol–water partition coefficient (Wildman–Crippen LogP) is 3.61. The van der Waals surface area contributed by atoms with Crippen LogP contribution in [0.25, 0.3) is 0 Å². The van der Waals surface area contributed by atoms with E-state index >= 15 is 0 Å². The lowest BCUT2D eigenvalue weighted by atomic mass is 9.74. The molecule has 1 aliphatic heterocycles. The molecule has 1 unspecified atom stereocenters. The Morgan fingerprint density at radius 3 is 2.59 bits per heavy atom. The van der Waals surface area contributed by atoms with E-state index in [9.17, 15) is 0 Å². The lowest BCUT2D eigenvalue weighted by Crippen LogP contribution is -2.41. The van der Waals surface area contributed by atoms with Gasteiger partial charge in [0.15, 0.2) is 0 Å². The van der Waals surface area contributed by atoms with Crippen LogP contribution >= 0.6 is 0 Å². The third-order valence-corrected chi connectivity index (χ3v) is 3.74. The molecule has 0 aliphatic carbocycles. The smallest absolute Gasteiger partial charge is 0.0534 e. The van der Waals surface area contributed by atoms with Crippen LogP contribution in [-0.2, 0) is 4.74 Å². The van der Waals surface area contributed by atoms with Gasteiger partial charge in [-0.05, 0) is 44.1 Å². The molecule has 0 radical (unpaired) electrons. The topological polar surface area (TPSA) is 21.3 Å². The number of rotatable bonds is 6. The van der Waals surface area contributed by atoms with Crippen molar-refractivity contribution in [2.24, 2.45) is 10.8 Å². The average Bonchev–Trinajstić information content (AvgIpc) is 2.28. The van der Waals surface area contributed by atoms with Crippen molar-refractivity contribution in [2.75, 3.05) is 26.3 Å². The Hall–Kier alpha value is -0.0800. The van der Waals surface area contributed by atoms with Crippen LogP contribution in [0.15, 0.2) is 0 Å². The molecule has 1 rings (SSSR count). The molecule has 0 amide bonds. The molecule has 2 nitrogen and oxygen atoms in total. The van der Waals surface area contributed by atoms with Crippen molar-refractivity contribution in [2.45, 2.75) is 59.8 Å². The molecule has 0 bridgehead atoms. The number of hydrogen-bond acceptors (Lipinski definition) is 2. The zero-order valence-corrected chi connectivity index (χ0v) is 12.3. The highest BCUT2D eigenvalue weighted by molar-refractivity contribution is 4.85. The van der Waals surface area contributed by atoms with E-state index in [0.29, 0.717) is 10.8 Å². The first kappa shape index (κ1) is 15.0. The molecule has 0 aromatic rings. The first-order chi connectivity index (χ1) is 7.97. The SMILES string of the molecule is CCCNCC1(CCC(C)(C)C)CCCOC1. The van der Waals surface area contributed by atoms with Gasteiger partial charge < -0.3 is 10.1 Å². The Morgan fingerprint density at radius 1 is 1.29 bits per heavy atom. The quantitative estimate of drug-likeness (QED) is 0.717. The van der Waals surface area contributed by atoms with Crippen LogP contribution in [0.3, 0.4) is 0 Å². The van der Waals surface area contributed by atoms with E-state index < -0.39 is 0 Å². The molecular weight excluding hydrogens is 210 g/mol. The fraction of sp³-hybridized carbons (Fsp3) is 1.00. The third kappa shape index (κ3) is 5.87. The largest absolute Gasteiger partial charge is 0.381 e. The van der Waals surface area contributed by atoms with Crippen LogP contribution in [-0.4, -0.2) is 26.3 Å². The van der Waals surface area contributed by atoms with Crippen molar-refractivity contribution in [3.05, 3.63) is 0 Å². The Labute approximate surface area is 108 Å². The minimum Gasteiger partial charge on any atom is -0.381 e. The van der Waals surface area contributed by atoms with Gasteiger partial charge in [0.1, 0.15) is 0 Å². The molecule has 1 fully saturated rings. The first-order valence-corrected chi connectivity index (χ1v) is 7.26. The zero-order chi connectivity index (χ0) is 12.8. The van der Waals surface area contributed by atoms with Gasteiger partial charge in [-0.1, -0.05) is 27.7 Å². The molecule has 102 valence electrons. The second kappa shape index (κ2) is 6.75. The molecule has 1 atom stereocenters. The van der Waals surface area contributed by atoms with Gasteiger partial charge in [0, 0.05) is 18.6 Å². The van der Waals surface area contributed by atoms with Crippen LogP contribution in [0.4, 0.5) is 0 Å². The molecule has 0 spiro atoms. The number of ether oxygens (including phenoxy) is 1. The highest BCUT2D eigenvalue weighted by Crippen LogP contribution is 2.36. The predicted molar refractivity (Wildman–Crippen MR) is 74.3 cm³/mol. The molecule has 1 aliphatic rings. The minimum absolute atomic E-state index is 0.403. The monoisotopic (exact) mass is 241 g/mol. The van der Waals surface area contributed by atoms with Crippen molar-refractivity contribution < 1.29 is 4.74 Å². The van der Waals surface area contributed by atoms with Crippen molar-refractivity contribution in [3.63, 3.8) is 0 Å². The van der Waals surface area contributed by atoms with Gasteiger partial charge in [0.25, 0.3) is 0 Å². The number of hydrogen-bond donors (Lipinski definition) is 1. The molecule has 0 aromatic carbocycles. The summed E-state index contributed by atoms with van der Waals surface area (Å²) in [5.74, 6) is 0. The standard InChI is InChI=1S/C15H31NO/c1-5-10-16-12-15(7-6-11-17-13-15)9-8-14(2,3)4/h16H,5-13H2,1-4H3. The van der Waals surface area contributed by atoms with E-state index in [4.69, 9.17) is 4.74 Å². The maximum absolute atomic E-state index is 5.74. The normalized spacial score (nSPS) is 26.1. The summed E-state index contributed by atoms with van der Waals surface area (Å²) in [4.78, 5) is 0. The van der Waals surface area contributed by atoms with E-state index in [1.807, 2.05) is 0 Å². The van der Waals surface area contributed by atoms with Gasteiger partial charge in [-0.2, -0.15) is 0 Å². The summed E-state index contributed by atoms with van der Waals surface area (Å²) >= 11 is 0. The summed E-state index contributed by atoms with van der Waals surface area (Å²) in [6.45, 7) is 13.4. The highest BCUT2D eigenvalue weighted by atomic mass is 16.5. The Kier molecular flexibility index (Phi) is 5.94. The van der Waals surface area contributed by atoms with Crippen molar-refractivity contribution in [1.29, 1.82) is 0 Å². The molecule has 1 N–H and O–H groups in total. The summed E-state index contributed by atoms with van der Waals surface area (Å²) in [5, 5.41) is 3.60. The Balaban J connectivity index is 2.46. The molecular formula is C15H31NO. The zero-order valence-electron chi connectivity index (χ0n) is 12.3. The van der Waals surface area contributed by atoms with Crippen LogP contribution < -0.4 is 5.32 Å². The Morgan fingerprint density at radius 2 is 2.06 bits per heavy atom. The lowest BCUT2D eigenvalue weighted by Gasteiger charge is -2.39. The molecule has 1 saturated heterocycles. The van der Waals surface area contributed by atoms with Crippen LogP contribution in [0.1, 0.15) is 59.8 Å². The maximum atomic E-state index is 5.74. The Bertz CT molecular complexity index is 201. The lowest BCUT2D eigenvalue weighted by molar-refractivity contribution is -0.0170. The number of nitrogens with one attached hydrogen (secondary N) is 1. The summed E-state index contributed by atoms with van der Waals surface area (Å²) in [6.07, 6.45) is 6.38. The summed E-state index contributed by atoms with van der Waals surface area (Å²) in [6, 6.07) is 0. The fourth-order valence-electron chi connectivity index (χ4n) is 2.51. The van der Waals surface area contributed by atoms with E-state index in [1.54, 1.807) is 0 Å². The fourth-order valence-corrected chi connectivity index (χ4v) is 2.51. The summed E-state index contributed by atoms with van der Waals surface area (Å²) in [5.41, 5.74) is 0.843. The molecule has 0 saturated carbocycles. The van der Waals surface area contributed by atoms with Crippen molar-refractivity contribution in [1.82, 2.24) is 5.32 Å². The van der Waals surface area contributed by atoms with Crippen molar-refractivity contribution in [3.8, 4) is 0 Å². The van der Waals surface area contributed by atoms with E-state index in [-0.39, 0.29) is 0 Å². The summed E-state index contributed by atoms with van der Waals surface area (Å²) < 4.78 is 5.74. The molecule has 17 heavy (non-hydrogen) atoms. The van der Waals surface area contributed by atoms with Gasteiger partial charge >= 0.3 is 0 Å². The van der Waals surface area contributed by atoms with E-state index in [0.717, 1.165) is 26.3 Å².